The second kappa shape index (κ2) is 6.68. The largest absolute Gasteiger partial charge is 0.379 e. The van der Waals surface area contributed by atoms with Gasteiger partial charge in [0.2, 0.25) is 0 Å². The van der Waals surface area contributed by atoms with Crippen molar-refractivity contribution >= 4 is 16.0 Å². The van der Waals surface area contributed by atoms with Crippen molar-refractivity contribution in [3.63, 3.8) is 0 Å². The summed E-state index contributed by atoms with van der Waals surface area (Å²) >= 11 is 0. The van der Waals surface area contributed by atoms with E-state index in [1.807, 2.05) is 19.9 Å². The van der Waals surface area contributed by atoms with Crippen LogP contribution in [-0.4, -0.2) is 37.9 Å². The predicted octanol–water partition coefficient (Wildman–Crippen LogP) is 2.62. The highest BCUT2D eigenvalue weighted by Crippen LogP contribution is 2.24. The van der Waals surface area contributed by atoms with E-state index in [9.17, 15) is 13.2 Å². The van der Waals surface area contributed by atoms with E-state index in [-0.39, 0.29) is 28.2 Å². The molecule has 2 rings (SSSR count). The number of nitrogens with zero attached hydrogens (tertiary/aromatic N) is 2. The zero-order chi connectivity index (χ0) is 18.1. The van der Waals surface area contributed by atoms with Crippen molar-refractivity contribution in [2.75, 3.05) is 14.1 Å². The summed E-state index contributed by atoms with van der Waals surface area (Å²) in [7, 11) is 0.829. The van der Waals surface area contributed by atoms with E-state index >= 15 is 0 Å². The summed E-state index contributed by atoms with van der Waals surface area (Å²) in [6.45, 7) is 4.04. The number of hydrogen-bond donors (Lipinski definition) is 0. The van der Waals surface area contributed by atoms with Crippen molar-refractivity contribution in [2.24, 2.45) is 7.05 Å². The van der Waals surface area contributed by atoms with Gasteiger partial charge < -0.3 is 13.7 Å². The molecule has 0 atom stereocenters. The third kappa shape index (κ3) is 3.79. The molecule has 0 unspecified atom stereocenters. The van der Waals surface area contributed by atoms with Gasteiger partial charge in [-0.2, -0.15) is 8.42 Å². The Morgan fingerprint density at radius 1 is 1.21 bits per heavy atom. The third-order valence-electron chi connectivity index (χ3n) is 3.62. The molecule has 0 saturated carbocycles. The van der Waals surface area contributed by atoms with Crippen LogP contribution in [0.25, 0.3) is 0 Å². The molecule has 130 valence electrons. The fourth-order valence-corrected chi connectivity index (χ4v) is 3.21. The first-order valence-corrected chi connectivity index (χ1v) is 8.95. The molecule has 0 N–H and O–H groups in total. The zero-order valence-corrected chi connectivity index (χ0v) is 15.3. The number of aromatic nitrogens is 1. The Balaban J connectivity index is 2.33. The smallest absolute Gasteiger partial charge is 0.340 e. The van der Waals surface area contributed by atoms with E-state index in [1.54, 1.807) is 39.3 Å². The van der Waals surface area contributed by atoms with Crippen LogP contribution in [0.2, 0.25) is 0 Å². The van der Waals surface area contributed by atoms with Crippen molar-refractivity contribution in [1.29, 1.82) is 0 Å². The summed E-state index contributed by atoms with van der Waals surface area (Å²) in [4.78, 5) is 13.4. The number of benzene rings is 1. The van der Waals surface area contributed by atoms with Crippen LogP contribution in [0.4, 0.5) is 0 Å². The minimum Gasteiger partial charge on any atom is -0.379 e. The first-order valence-electron chi connectivity index (χ1n) is 7.54. The summed E-state index contributed by atoms with van der Waals surface area (Å²) in [5, 5.41) is 0. The van der Waals surface area contributed by atoms with Gasteiger partial charge in [0.05, 0.1) is 0 Å². The minimum absolute atomic E-state index is 0.0508. The Labute approximate surface area is 142 Å². The first-order chi connectivity index (χ1) is 11.1. The molecule has 0 saturated heterocycles. The molecule has 0 aliphatic rings. The number of carbonyl (C=O) groups excluding carboxylic acids is 1. The molecule has 0 radical (unpaired) electrons. The molecule has 6 nitrogen and oxygen atoms in total. The van der Waals surface area contributed by atoms with Crippen molar-refractivity contribution < 1.29 is 17.4 Å². The van der Waals surface area contributed by atoms with Crippen LogP contribution in [0, 0.1) is 0 Å². The SMILES string of the molecule is CC(C)c1cccc(OS(=O)(=O)c2cc(C(=O)N(C)C)n(C)c2)c1. The Morgan fingerprint density at radius 3 is 2.46 bits per heavy atom. The van der Waals surface area contributed by atoms with E-state index in [2.05, 4.69) is 0 Å². The Kier molecular flexibility index (Phi) is 5.03. The molecular formula is C17H22N2O4S. The van der Waals surface area contributed by atoms with Crippen molar-refractivity contribution in [1.82, 2.24) is 9.47 Å². The molecule has 1 aromatic carbocycles. The highest BCUT2D eigenvalue weighted by atomic mass is 32.2. The standard InChI is InChI=1S/C17H22N2O4S/c1-12(2)13-7-6-8-14(9-13)23-24(21,22)15-10-16(19(5)11-15)17(20)18(3)4/h6-12H,1-5H3. The predicted molar refractivity (Wildman–Crippen MR) is 91.8 cm³/mol. The first kappa shape index (κ1) is 18.1. The van der Waals surface area contributed by atoms with Gasteiger partial charge in [-0.1, -0.05) is 26.0 Å². The van der Waals surface area contributed by atoms with E-state index in [1.165, 1.54) is 21.7 Å². The van der Waals surface area contributed by atoms with Gasteiger partial charge in [0, 0.05) is 27.3 Å². The van der Waals surface area contributed by atoms with Gasteiger partial charge in [-0.15, -0.1) is 0 Å². The zero-order valence-electron chi connectivity index (χ0n) is 14.5. The van der Waals surface area contributed by atoms with Gasteiger partial charge in [-0.05, 0) is 29.7 Å². The molecular weight excluding hydrogens is 328 g/mol. The fraction of sp³-hybridized carbons (Fsp3) is 0.353. The van der Waals surface area contributed by atoms with Crippen LogP contribution < -0.4 is 4.18 Å². The summed E-state index contributed by atoms with van der Waals surface area (Å²) < 4.78 is 31.7. The van der Waals surface area contributed by atoms with Crippen molar-refractivity contribution in [3.05, 3.63) is 47.8 Å². The fourth-order valence-electron chi connectivity index (χ4n) is 2.21. The number of aryl methyl sites for hydroxylation is 1. The lowest BCUT2D eigenvalue weighted by molar-refractivity contribution is 0.0818. The average Bonchev–Trinajstić information content (AvgIpc) is 2.89. The Morgan fingerprint density at radius 2 is 1.88 bits per heavy atom. The molecule has 7 heteroatoms. The quantitative estimate of drug-likeness (QED) is 0.778. The highest BCUT2D eigenvalue weighted by Gasteiger charge is 2.23. The molecule has 2 aromatic rings. The average molecular weight is 350 g/mol. The van der Waals surface area contributed by atoms with E-state index in [0.29, 0.717) is 0 Å². The molecule has 1 heterocycles. The molecule has 1 aromatic heterocycles. The van der Waals surface area contributed by atoms with Crippen LogP contribution in [0.15, 0.2) is 41.4 Å². The molecule has 0 fully saturated rings. The van der Waals surface area contributed by atoms with Crippen LogP contribution in [0.3, 0.4) is 0 Å². The van der Waals surface area contributed by atoms with Gasteiger partial charge in [-0.3, -0.25) is 4.79 Å². The summed E-state index contributed by atoms with van der Waals surface area (Å²) in [5.41, 5.74) is 1.26. The minimum atomic E-state index is -4.01. The number of amides is 1. The molecule has 0 bridgehead atoms. The van der Waals surface area contributed by atoms with Gasteiger partial charge >= 0.3 is 10.1 Å². The molecule has 24 heavy (non-hydrogen) atoms. The van der Waals surface area contributed by atoms with Crippen molar-refractivity contribution in [3.8, 4) is 5.75 Å². The van der Waals surface area contributed by atoms with Gasteiger partial charge in [0.25, 0.3) is 5.91 Å². The molecule has 0 aliphatic carbocycles. The Hall–Kier alpha value is -2.28. The lowest BCUT2D eigenvalue weighted by Crippen LogP contribution is -2.23. The third-order valence-corrected chi connectivity index (χ3v) is 4.84. The summed E-state index contributed by atoms with van der Waals surface area (Å²) in [6.07, 6.45) is 1.37. The molecule has 1 amide bonds. The maximum atomic E-state index is 12.5. The second-order valence-electron chi connectivity index (χ2n) is 6.14. The van der Waals surface area contributed by atoms with Gasteiger partial charge in [-0.25, -0.2) is 0 Å². The number of hydrogen-bond acceptors (Lipinski definition) is 4. The normalized spacial score (nSPS) is 11.6. The molecule has 0 spiro atoms. The maximum absolute atomic E-state index is 12.5. The van der Waals surface area contributed by atoms with E-state index in [0.717, 1.165) is 5.56 Å². The number of carbonyl (C=O) groups is 1. The van der Waals surface area contributed by atoms with Crippen molar-refractivity contribution in [2.45, 2.75) is 24.7 Å². The monoisotopic (exact) mass is 350 g/mol. The molecule has 0 aliphatic heterocycles. The van der Waals surface area contributed by atoms with Gasteiger partial charge in [0.1, 0.15) is 16.3 Å². The Bertz CT molecular complexity index is 851. The topological polar surface area (TPSA) is 68.6 Å². The van der Waals surface area contributed by atoms with Crippen LogP contribution >= 0.6 is 0 Å². The van der Waals surface area contributed by atoms with E-state index < -0.39 is 10.1 Å². The van der Waals surface area contributed by atoms with Crippen LogP contribution in [0.1, 0.15) is 35.8 Å². The van der Waals surface area contributed by atoms with Crippen LogP contribution in [-0.2, 0) is 17.2 Å². The lowest BCUT2D eigenvalue weighted by Gasteiger charge is -2.10. The van der Waals surface area contributed by atoms with Gasteiger partial charge in [0.15, 0.2) is 0 Å². The van der Waals surface area contributed by atoms with Crippen LogP contribution in [0.5, 0.6) is 5.75 Å². The van der Waals surface area contributed by atoms with E-state index in [4.69, 9.17) is 4.18 Å². The number of rotatable bonds is 5. The summed E-state index contributed by atoms with van der Waals surface area (Å²) in [6, 6.07) is 8.30. The maximum Gasteiger partial charge on any atom is 0.340 e. The second-order valence-corrected chi connectivity index (χ2v) is 7.68. The highest BCUT2D eigenvalue weighted by molar-refractivity contribution is 7.87. The lowest BCUT2D eigenvalue weighted by atomic mass is 10.0. The summed E-state index contributed by atoms with van der Waals surface area (Å²) in [5.74, 6) is 0.239.